The molecule has 132 valence electrons. The average Bonchev–Trinajstić information content (AvgIpc) is 3.24. The smallest absolute Gasteiger partial charge is 0.289 e. The number of furan rings is 1. The van der Waals surface area contributed by atoms with E-state index in [2.05, 4.69) is 8.75 Å². The Morgan fingerprint density at radius 2 is 2.00 bits per heavy atom. The van der Waals surface area contributed by atoms with E-state index in [1.54, 1.807) is 25.1 Å². The summed E-state index contributed by atoms with van der Waals surface area (Å²) in [4.78, 5) is 14.5. The van der Waals surface area contributed by atoms with Crippen molar-refractivity contribution < 1.29 is 13.9 Å². The minimum Gasteiger partial charge on any atom is -0.497 e. The van der Waals surface area contributed by atoms with E-state index in [0.717, 1.165) is 27.5 Å². The third kappa shape index (κ3) is 2.80. The topological polar surface area (TPSA) is 68.5 Å². The molecule has 1 amide bonds. The van der Waals surface area contributed by atoms with Crippen molar-refractivity contribution >= 4 is 39.6 Å². The average molecular weight is 367 g/mol. The zero-order chi connectivity index (χ0) is 18.3. The number of benzene rings is 2. The zero-order valence-electron chi connectivity index (χ0n) is 14.6. The van der Waals surface area contributed by atoms with Crippen molar-refractivity contribution in [1.29, 1.82) is 0 Å². The highest BCUT2D eigenvalue weighted by molar-refractivity contribution is 7.00. The number of rotatable bonds is 4. The van der Waals surface area contributed by atoms with Crippen LogP contribution in [0.1, 0.15) is 21.7 Å². The van der Waals surface area contributed by atoms with Crippen LogP contribution in [0.2, 0.25) is 0 Å². The summed E-state index contributed by atoms with van der Waals surface area (Å²) < 4.78 is 19.5. The van der Waals surface area contributed by atoms with Gasteiger partial charge in [0.05, 0.1) is 18.8 Å². The van der Waals surface area contributed by atoms with Gasteiger partial charge in [-0.05, 0) is 36.8 Å². The molecule has 0 aliphatic carbocycles. The Morgan fingerprint density at radius 1 is 1.19 bits per heavy atom. The van der Waals surface area contributed by atoms with Crippen molar-refractivity contribution in [2.75, 3.05) is 14.2 Å². The second kappa shape index (κ2) is 6.42. The highest BCUT2D eigenvalue weighted by Gasteiger charge is 2.21. The van der Waals surface area contributed by atoms with Gasteiger partial charge in [-0.15, -0.1) is 0 Å². The summed E-state index contributed by atoms with van der Waals surface area (Å²) in [5.74, 6) is 0.894. The lowest BCUT2D eigenvalue weighted by Crippen LogP contribution is -2.26. The predicted molar refractivity (Wildman–Crippen MR) is 101 cm³/mol. The van der Waals surface area contributed by atoms with E-state index in [9.17, 15) is 4.79 Å². The highest BCUT2D eigenvalue weighted by atomic mass is 32.1. The highest BCUT2D eigenvalue weighted by Crippen LogP contribution is 2.29. The third-order valence-electron chi connectivity index (χ3n) is 4.42. The molecule has 0 bridgehead atoms. The van der Waals surface area contributed by atoms with Gasteiger partial charge in [0.25, 0.3) is 5.91 Å². The van der Waals surface area contributed by atoms with Gasteiger partial charge in [-0.2, -0.15) is 8.75 Å². The maximum atomic E-state index is 12.9. The lowest BCUT2D eigenvalue weighted by Gasteiger charge is -2.16. The number of ether oxygens (including phenoxy) is 1. The minimum atomic E-state index is -0.158. The van der Waals surface area contributed by atoms with Crippen molar-refractivity contribution in [2.45, 2.75) is 13.5 Å². The minimum absolute atomic E-state index is 0.158. The zero-order valence-corrected chi connectivity index (χ0v) is 15.5. The number of hydrogen-bond acceptors (Lipinski definition) is 6. The standard InChI is InChI=1S/C19H17N3O3S/c1-11-14-6-5-13(24-3)9-17(14)25-18(11)19(23)22(2)10-12-4-7-15-16(8-12)21-26-20-15/h4-9H,10H2,1-3H3. The van der Waals surface area contributed by atoms with E-state index in [4.69, 9.17) is 9.15 Å². The first-order valence-electron chi connectivity index (χ1n) is 8.10. The molecule has 0 N–H and O–H groups in total. The van der Waals surface area contributed by atoms with Gasteiger partial charge < -0.3 is 14.1 Å². The van der Waals surface area contributed by atoms with E-state index in [0.29, 0.717) is 23.6 Å². The Balaban J connectivity index is 1.61. The van der Waals surface area contributed by atoms with Gasteiger partial charge in [0, 0.05) is 30.6 Å². The summed E-state index contributed by atoms with van der Waals surface area (Å²) in [6, 6.07) is 11.4. The van der Waals surface area contributed by atoms with Crippen LogP contribution in [0, 0.1) is 6.92 Å². The van der Waals surface area contributed by atoms with Crippen molar-refractivity contribution in [3.05, 3.63) is 53.3 Å². The summed E-state index contributed by atoms with van der Waals surface area (Å²) in [5, 5.41) is 0.914. The fourth-order valence-corrected chi connectivity index (χ4v) is 3.50. The van der Waals surface area contributed by atoms with E-state index in [-0.39, 0.29) is 5.91 Å². The largest absolute Gasteiger partial charge is 0.497 e. The van der Waals surface area contributed by atoms with Crippen LogP contribution in [0.5, 0.6) is 5.75 Å². The Bertz CT molecular complexity index is 1120. The van der Waals surface area contributed by atoms with Crippen LogP contribution < -0.4 is 4.74 Å². The molecule has 0 unspecified atom stereocenters. The van der Waals surface area contributed by atoms with Crippen molar-refractivity contribution in [3.8, 4) is 5.75 Å². The first kappa shape index (κ1) is 16.5. The summed E-state index contributed by atoms with van der Waals surface area (Å²) >= 11 is 1.19. The molecule has 0 spiro atoms. The van der Waals surface area contributed by atoms with Crippen LogP contribution in [0.25, 0.3) is 22.0 Å². The Morgan fingerprint density at radius 3 is 2.81 bits per heavy atom. The van der Waals surface area contributed by atoms with Gasteiger partial charge in [0.15, 0.2) is 5.76 Å². The predicted octanol–water partition coefficient (Wildman–Crippen LogP) is 4.03. The molecule has 7 heteroatoms. The van der Waals surface area contributed by atoms with E-state index in [1.807, 2.05) is 37.3 Å². The Kier molecular flexibility index (Phi) is 4.08. The summed E-state index contributed by atoms with van der Waals surface area (Å²) in [6.07, 6.45) is 0. The van der Waals surface area contributed by atoms with E-state index < -0.39 is 0 Å². The molecular weight excluding hydrogens is 350 g/mol. The molecule has 0 atom stereocenters. The van der Waals surface area contributed by atoms with Crippen molar-refractivity contribution in [3.63, 3.8) is 0 Å². The number of methoxy groups -OCH3 is 1. The number of amides is 1. The molecule has 0 saturated carbocycles. The molecule has 0 aliphatic heterocycles. The Labute approximate surface area is 154 Å². The monoisotopic (exact) mass is 367 g/mol. The molecule has 4 aromatic rings. The fourth-order valence-electron chi connectivity index (χ4n) is 2.98. The molecule has 6 nitrogen and oxygen atoms in total. The van der Waals surface area contributed by atoms with Gasteiger partial charge >= 0.3 is 0 Å². The summed E-state index contributed by atoms with van der Waals surface area (Å²) in [5.41, 5.74) is 4.19. The summed E-state index contributed by atoms with van der Waals surface area (Å²) in [6.45, 7) is 2.36. The molecule has 2 aromatic carbocycles. The maximum Gasteiger partial charge on any atom is 0.289 e. The Hall–Kier alpha value is -2.93. The maximum absolute atomic E-state index is 12.9. The molecule has 2 heterocycles. The first-order chi connectivity index (χ1) is 12.6. The molecular formula is C19H17N3O3S. The van der Waals surface area contributed by atoms with Crippen LogP contribution in [0.3, 0.4) is 0 Å². The number of nitrogens with zero attached hydrogens (tertiary/aromatic N) is 3. The lowest BCUT2D eigenvalue weighted by molar-refractivity contribution is 0.0755. The molecule has 0 saturated heterocycles. The molecule has 2 aromatic heterocycles. The van der Waals surface area contributed by atoms with Crippen molar-refractivity contribution in [1.82, 2.24) is 13.6 Å². The van der Waals surface area contributed by atoms with Gasteiger partial charge in [-0.1, -0.05) is 6.07 Å². The third-order valence-corrected chi connectivity index (χ3v) is 4.98. The number of carbonyl (C=O) groups excluding carboxylic acids is 1. The fraction of sp³-hybridized carbons (Fsp3) is 0.211. The van der Waals surface area contributed by atoms with E-state index in [1.165, 1.54) is 11.7 Å². The number of fused-ring (bicyclic) bond motifs is 2. The number of aryl methyl sites for hydroxylation is 1. The molecule has 0 fully saturated rings. The lowest BCUT2D eigenvalue weighted by atomic mass is 10.1. The van der Waals surface area contributed by atoms with Crippen LogP contribution in [0.4, 0.5) is 0 Å². The molecule has 0 radical (unpaired) electrons. The first-order valence-corrected chi connectivity index (χ1v) is 8.83. The van der Waals surface area contributed by atoms with Gasteiger partial charge in [-0.25, -0.2) is 0 Å². The molecule has 26 heavy (non-hydrogen) atoms. The SMILES string of the molecule is COc1ccc2c(C)c(C(=O)N(C)Cc3ccc4nsnc4c3)oc2c1. The number of aromatic nitrogens is 2. The normalized spacial score (nSPS) is 11.2. The van der Waals surface area contributed by atoms with Crippen molar-refractivity contribution in [2.24, 2.45) is 0 Å². The van der Waals surface area contributed by atoms with Gasteiger partial charge in [0.1, 0.15) is 22.4 Å². The van der Waals surface area contributed by atoms with Crippen LogP contribution in [-0.4, -0.2) is 33.7 Å². The quantitative estimate of drug-likeness (QED) is 0.545. The van der Waals surface area contributed by atoms with Crippen LogP contribution in [-0.2, 0) is 6.54 Å². The number of carbonyl (C=O) groups is 1. The van der Waals surface area contributed by atoms with Gasteiger partial charge in [-0.3, -0.25) is 4.79 Å². The van der Waals surface area contributed by atoms with E-state index >= 15 is 0 Å². The van der Waals surface area contributed by atoms with Crippen LogP contribution in [0.15, 0.2) is 40.8 Å². The van der Waals surface area contributed by atoms with Gasteiger partial charge in [0.2, 0.25) is 0 Å². The summed E-state index contributed by atoms with van der Waals surface area (Å²) in [7, 11) is 3.37. The molecule has 4 rings (SSSR count). The molecule has 0 aliphatic rings. The second-order valence-electron chi connectivity index (χ2n) is 6.17. The van der Waals surface area contributed by atoms with Crippen LogP contribution >= 0.6 is 11.7 Å². The second-order valence-corrected chi connectivity index (χ2v) is 6.70. The number of hydrogen-bond donors (Lipinski definition) is 0.